The molecule has 0 bridgehead atoms. The number of rotatable bonds is 4. The van der Waals surface area contributed by atoms with Gasteiger partial charge in [0.05, 0.1) is 31.2 Å². The van der Waals surface area contributed by atoms with Crippen molar-refractivity contribution in [2.75, 3.05) is 31.6 Å². The third kappa shape index (κ3) is 3.13. The molecule has 6 heteroatoms. The van der Waals surface area contributed by atoms with Gasteiger partial charge in [-0.3, -0.25) is 9.78 Å². The molecular weight excluding hydrogens is 220 g/mol. The summed E-state index contributed by atoms with van der Waals surface area (Å²) in [5.74, 6) is 0.762. The van der Waals surface area contributed by atoms with Crippen LogP contribution in [-0.4, -0.2) is 47.1 Å². The highest BCUT2D eigenvalue weighted by Crippen LogP contribution is 2.06. The number of hydrogen-bond acceptors (Lipinski definition) is 5. The van der Waals surface area contributed by atoms with Crippen LogP contribution in [0, 0.1) is 0 Å². The summed E-state index contributed by atoms with van der Waals surface area (Å²) >= 11 is 0. The lowest BCUT2D eigenvalue weighted by molar-refractivity contribution is -0.143. The normalized spacial score (nSPS) is 16.1. The van der Waals surface area contributed by atoms with Crippen LogP contribution in [0.1, 0.15) is 12.6 Å². The molecule has 1 N–H and O–H groups in total. The van der Waals surface area contributed by atoms with Crippen molar-refractivity contribution < 1.29 is 9.53 Å². The number of aromatic nitrogens is 2. The van der Waals surface area contributed by atoms with Crippen LogP contribution in [0.3, 0.4) is 0 Å². The number of hydrogen-bond donors (Lipinski definition) is 1. The second-order valence-corrected chi connectivity index (χ2v) is 3.79. The molecule has 0 atom stereocenters. The average Bonchev–Trinajstić information content (AvgIpc) is 2.35. The molecule has 0 saturated carbocycles. The van der Waals surface area contributed by atoms with Crippen molar-refractivity contribution in [1.82, 2.24) is 14.9 Å². The Morgan fingerprint density at radius 1 is 1.47 bits per heavy atom. The maximum Gasteiger partial charge on any atom is 0.249 e. The molecule has 1 saturated heterocycles. The molecule has 0 aromatic carbocycles. The zero-order valence-corrected chi connectivity index (χ0v) is 9.85. The molecule has 1 aromatic heterocycles. The molecule has 17 heavy (non-hydrogen) atoms. The fourth-order valence-corrected chi connectivity index (χ4v) is 1.62. The maximum atomic E-state index is 11.5. The Bertz CT molecular complexity index is 380. The number of carbonyl (C=O) groups excluding carboxylic acids is 1. The molecule has 0 unspecified atom stereocenters. The van der Waals surface area contributed by atoms with Gasteiger partial charge in [-0.05, 0) is 6.92 Å². The fourth-order valence-electron chi connectivity index (χ4n) is 1.62. The first-order valence-corrected chi connectivity index (χ1v) is 5.70. The summed E-state index contributed by atoms with van der Waals surface area (Å²) < 4.78 is 5.06. The van der Waals surface area contributed by atoms with Gasteiger partial charge in [-0.25, -0.2) is 4.98 Å². The Labute approximate surface area is 100 Å². The minimum absolute atomic E-state index is 0.00816. The van der Waals surface area contributed by atoms with Crippen molar-refractivity contribution in [2.45, 2.75) is 13.5 Å². The van der Waals surface area contributed by atoms with Gasteiger partial charge in [0.15, 0.2) is 0 Å². The summed E-state index contributed by atoms with van der Waals surface area (Å²) in [7, 11) is 0. The standard InChI is InChI=1S/C11H16N4O2/c1-2-12-10-6-13-9(5-14-10)7-15-3-4-17-8-11(15)16/h5-6H,2-4,7-8H2,1H3,(H,12,14). The lowest BCUT2D eigenvalue weighted by atomic mass is 10.3. The highest BCUT2D eigenvalue weighted by atomic mass is 16.5. The number of carbonyl (C=O) groups is 1. The second kappa shape index (κ2) is 5.58. The van der Waals surface area contributed by atoms with Crippen LogP contribution in [-0.2, 0) is 16.1 Å². The smallest absolute Gasteiger partial charge is 0.249 e. The Morgan fingerprint density at radius 2 is 2.35 bits per heavy atom. The first-order valence-electron chi connectivity index (χ1n) is 5.70. The van der Waals surface area contributed by atoms with Crippen LogP contribution in [0.25, 0.3) is 0 Å². The average molecular weight is 236 g/mol. The topological polar surface area (TPSA) is 67.3 Å². The van der Waals surface area contributed by atoms with Crippen LogP contribution >= 0.6 is 0 Å². The van der Waals surface area contributed by atoms with Gasteiger partial charge in [0.25, 0.3) is 0 Å². The van der Waals surface area contributed by atoms with Gasteiger partial charge in [0.1, 0.15) is 12.4 Å². The van der Waals surface area contributed by atoms with E-state index in [1.165, 1.54) is 0 Å². The molecule has 1 aliphatic rings. The molecule has 0 spiro atoms. The fraction of sp³-hybridized carbons (Fsp3) is 0.545. The zero-order valence-electron chi connectivity index (χ0n) is 9.85. The van der Waals surface area contributed by atoms with Crippen molar-refractivity contribution in [2.24, 2.45) is 0 Å². The SMILES string of the molecule is CCNc1cnc(CN2CCOCC2=O)cn1. The van der Waals surface area contributed by atoms with Gasteiger partial charge in [0, 0.05) is 13.1 Å². The molecule has 2 rings (SSSR count). The van der Waals surface area contributed by atoms with Gasteiger partial charge < -0.3 is 15.0 Å². The number of anilines is 1. The van der Waals surface area contributed by atoms with Crippen LogP contribution in [0.2, 0.25) is 0 Å². The van der Waals surface area contributed by atoms with Crippen LogP contribution in [0.4, 0.5) is 5.82 Å². The number of nitrogens with zero attached hydrogens (tertiary/aromatic N) is 3. The molecule has 1 fully saturated rings. The van der Waals surface area contributed by atoms with Crippen molar-refractivity contribution >= 4 is 11.7 Å². The van der Waals surface area contributed by atoms with E-state index in [1.54, 1.807) is 17.3 Å². The second-order valence-electron chi connectivity index (χ2n) is 3.79. The molecule has 92 valence electrons. The maximum absolute atomic E-state index is 11.5. The summed E-state index contributed by atoms with van der Waals surface area (Å²) in [4.78, 5) is 21.7. The van der Waals surface area contributed by atoms with E-state index in [0.29, 0.717) is 19.7 Å². The quantitative estimate of drug-likeness (QED) is 0.812. The minimum Gasteiger partial charge on any atom is -0.370 e. The van der Waals surface area contributed by atoms with Crippen LogP contribution in [0.15, 0.2) is 12.4 Å². The minimum atomic E-state index is 0.00816. The van der Waals surface area contributed by atoms with E-state index in [4.69, 9.17) is 4.74 Å². The van der Waals surface area contributed by atoms with E-state index >= 15 is 0 Å². The van der Waals surface area contributed by atoms with Gasteiger partial charge in [0.2, 0.25) is 5.91 Å². The first kappa shape index (κ1) is 11.8. The highest BCUT2D eigenvalue weighted by molar-refractivity contribution is 5.77. The summed E-state index contributed by atoms with van der Waals surface area (Å²) in [6.45, 7) is 4.70. The molecule has 1 aromatic rings. The van der Waals surface area contributed by atoms with E-state index in [0.717, 1.165) is 18.1 Å². The van der Waals surface area contributed by atoms with Crippen molar-refractivity contribution in [3.63, 3.8) is 0 Å². The van der Waals surface area contributed by atoms with Crippen molar-refractivity contribution in [1.29, 1.82) is 0 Å². The zero-order chi connectivity index (χ0) is 12.1. The Balaban J connectivity index is 1.95. The van der Waals surface area contributed by atoms with E-state index in [-0.39, 0.29) is 12.5 Å². The lowest BCUT2D eigenvalue weighted by Crippen LogP contribution is -2.41. The summed E-state index contributed by atoms with van der Waals surface area (Å²) in [5.41, 5.74) is 0.793. The molecule has 0 radical (unpaired) electrons. The summed E-state index contributed by atoms with van der Waals surface area (Å²) in [6.07, 6.45) is 3.38. The lowest BCUT2D eigenvalue weighted by Gasteiger charge is -2.26. The number of nitrogens with one attached hydrogen (secondary N) is 1. The van der Waals surface area contributed by atoms with Crippen molar-refractivity contribution in [3.8, 4) is 0 Å². The van der Waals surface area contributed by atoms with E-state index in [9.17, 15) is 4.79 Å². The third-order valence-corrected chi connectivity index (χ3v) is 2.50. The summed E-state index contributed by atoms with van der Waals surface area (Å²) in [6, 6.07) is 0. The summed E-state index contributed by atoms with van der Waals surface area (Å²) in [5, 5.41) is 3.07. The predicted octanol–water partition coefficient (Wildman–Crippen LogP) is 0.267. The molecule has 1 amide bonds. The molecule has 1 aliphatic heterocycles. The monoisotopic (exact) mass is 236 g/mol. The van der Waals surface area contributed by atoms with Gasteiger partial charge in [-0.15, -0.1) is 0 Å². The van der Waals surface area contributed by atoms with Crippen LogP contribution < -0.4 is 5.32 Å². The first-order chi connectivity index (χ1) is 8.29. The van der Waals surface area contributed by atoms with Crippen molar-refractivity contribution in [3.05, 3.63) is 18.1 Å². The van der Waals surface area contributed by atoms with Gasteiger partial charge in [-0.2, -0.15) is 0 Å². The van der Waals surface area contributed by atoms with Gasteiger partial charge >= 0.3 is 0 Å². The number of ether oxygens (including phenoxy) is 1. The Hall–Kier alpha value is -1.69. The predicted molar refractivity (Wildman–Crippen MR) is 62.4 cm³/mol. The Morgan fingerprint density at radius 3 is 3.00 bits per heavy atom. The van der Waals surface area contributed by atoms with E-state index in [2.05, 4.69) is 15.3 Å². The number of amides is 1. The molecule has 0 aliphatic carbocycles. The molecule has 6 nitrogen and oxygen atoms in total. The largest absolute Gasteiger partial charge is 0.370 e. The highest BCUT2D eigenvalue weighted by Gasteiger charge is 2.18. The number of morpholine rings is 1. The van der Waals surface area contributed by atoms with Crippen LogP contribution in [0.5, 0.6) is 0 Å². The van der Waals surface area contributed by atoms with Gasteiger partial charge in [-0.1, -0.05) is 0 Å². The third-order valence-electron chi connectivity index (χ3n) is 2.50. The Kier molecular flexibility index (Phi) is 3.87. The molecular formula is C11H16N4O2. The van der Waals surface area contributed by atoms with E-state index < -0.39 is 0 Å². The molecule has 2 heterocycles. The van der Waals surface area contributed by atoms with E-state index in [1.807, 2.05) is 6.92 Å².